The van der Waals surface area contributed by atoms with Crippen LogP contribution in [0.1, 0.15) is 41.3 Å². The van der Waals surface area contributed by atoms with E-state index in [0.29, 0.717) is 25.9 Å². The van der Waals surface area contributed by atoms with Crippen LogP contribution in [0.3, 0.4) is 0 Å². The van der Waals surface area contributed by atoms with Crippen LogP contribution in [0.4, 0.5) is 0 Å². The van der Waals surface area contributed by atoms with Crippen LogP contribution in [-0.2, 0) is 22.6 Å². The molecular weight excluding hydrogens is 284 g/mol. The molecule has 1 aromatic rings. The molecule has 0 atom stereocenters. The van der Waals surface area contributed by atoms with E-state index in [1.165, 1.54) is 0 Å². The van der Waals surface area contributed by atoms with Crippen molar-refractivity contribution in [2.45, 2.75) is 32.7 Å². The molecule has 1 heterocycles. The Morgan fingerprint density at radius 2 is 2.05 bits per heavy atom. The quantitative estimate of drug-likeness (QED) is 0.855. The number of rotatable bonds is 5. The summed E-state index contributed by atoms with van der Waals surface area (Å²) < 4.78 is 0. The molecule has 0 saturated heterocycles. The fraction of sp³-hybridized carbons (Fsp3) is 0.438. The van der Waals surface area contributed by atoms with Gasteiger partial charge in [-0.25, -0.2) is 4.79 Å². The van der Waals surface area contributed by atoms with Gasteiger partial charge in [0.15, 0.2) is 0 Å². The van der Waals surface area contributed by atoms with Gasteiger partial charge in [0, 0.05) is 19.5 Å². The highest BCUT2D eigenvalue weighted by Gasteiger charge is 2.21. The van der Waals surface area contributed by atoms with Crippen molar-refractivity contribution in [3.8, 4) is 0 Å². The lowest BCUT2D eigenvalue weighted by Gasteiger charge is -2.29. The average molecular weight is 304 g/mol. The number of fused-ring (bicyclic) bond motifs is 1. The molecule has 0 fully saturated rings. The highest BCUT2D eigenvalue weighted by atomic mass is 16.4. The van der Waals surface area contributed by atoms with Gasteiger partial charge in [-0.1, -0.05) is 13.0 Å². The highest BCUT2D eigenvalue weighted by Crippen LogP contribution is 2.20. The minimum absolute atomic E-state index is 0.00715. The summed E-state index contributed by atoms with van der Waals surface area (Å²) in [5.74, 6) is -1.24. The Morgan fingerprint density at radius 1 is 1.27 bits per heavy atom. The third-order valence-corrected chi connectivity index (χ3v) is 3.73. The number of benzene rings is 1. The predicted molar refractivity (Wildman–Crippen MR) is 80.4 cm³/mol. The Balaban J connectivity index is 1.98. The zero-order chi connectivity index (χ0) is 16.1. The van der Waals surface area contributed by atoms with Gasteiger partial charge < -0.3 is 15.3 Å². The van der Waals surface area contributed by atoms with E-state index in [1.54, 1.807) is 17.0 Å². The van der Waals surface area contributed by atoms with Crippen molar-refractivity contribution in [2.75, 3.05) is 13.1 Å². The van der Waals surface area contributed by atoms with Gasteiger partial charge in [0.05, 0.1) is 12.1 Å². The topological polar surface area (TPSA) is 86.7 Å². The second kappa shape index (κ2) is 7.06. The van der Waals surface area contributed by atoms with E-state index in [9.17, 15) is 14.4 Å². The van der Waals surface area contributed by atoms with Crippen LogP contribution in [0.15, 0.2) is 18.2 Å². The molecule has 0 radical (unpaired) electrons. The van der Waals surface area contributed by atoms with Gasteiger partial charge >= 0.3 is 5.97 Å². The molecule has 0 bridgehead atoms. The van der Waals surface area contributed by atoms with Gasteiger partial charge in [-0.05, 0) is 36.1 Å². The molecule has 6 nitrogen and oxygen atoms in total. The lowest BCUT2D eigenvalue weighted by Crippen LogP contribution is -2.42. The summed E-state index contributed by atoms with van der Waals surface area (Å²) in [5.41, 5.74) is 2.16. The number of hydrogen-bond donors (Lipinski definition) is 2. The minimum Gasteiger partial charge on any atom is -0.478 e. The van der Waals surface area contributed by atoms with Crippen LogP contribution in [0.2, 0.25) is 0 Å². The van der Waals surface area contributed by atoms with Crippen molar-refractivity contribution >= 4 is 17.8 Å². The van der Waals surface area contributed by atoms with Gasteiger partial charge in [0.1, 0.15) is 0 Å². The van der Waals surface area contributed by atoms with Crippen molar-refractivity contribution in [3.63, 3.8) is 0 Å². The first-order chi connectivity index (χ1) is 10.5. The molecule has 0 saturated carbocycles. The van der Waals surface area contributed by atoms with Crippen LogP contribution >= 0.6 is 0 Å². The smallest absolute Gasteiger partial charge is 0.335 e. The Bertz CT molecular complexity index is 598. The molecule has 1 aliphatic heterocycles. The van der Waals surface area contributed by atoms with Crippen molar-refractivity contribution in [1.82, 2.24) is 10.2 Å². The molecule has 0 unspecified atom stereocenters. The monoisotopic (exact) mass is 304 g/mol. The molecule has 6 heteroatoms. The molecule has 118 valence electrons. The van der Waals surface area contributed by atoms with Crippen molar-refractivity contribution in [3.05, 3.63) is 34.9 Å². The standard InChI is InChI=1S/C16H20N2O4/c1-2-3-14(19)17-9-15(20)18-7-6-11-4-5-12(16(21)22)8-13(11)10-18/h4-5,8H,2-3,6-7,9-10H2,1H3,(H,17,19)(H,21,22). The van der Waals surface area contributed by atoms with E-state index in [-0.39, 0.29) is 23.9 Å². The van der Waals surface area contributed by atoms with Crippen LogP contribution in [-0.4, -0.2) is 40.9 Å². The molecule has 0 aliphatic carbocycles. The zero-order valence-corrected chi connectivity index (χ0v) is 12.6. The normalized spacial score (nSPS) is 13.4. The number of amides is 2. The molecule has 1 aromatic carbocycles. The number of carboxylic acids is 1. The van der Waals surface area contributed by atoms with Crippen LogP contribution < -0.4 is 5.32 Å². The SMILES string of the molecule is CCCC(=O)NCC(=O)N1CCc2ccc(C(=O)O)cc2C1. The Morgan fingerprint density at radius 3 is 2.73 bits per heavy atom. The summed E-state index contributed by atoms with van der Waals surface area (Å²) in [6, 6.07) is 5.01. The molecular formula is C16H20N2O4. The van der Waals surface area contributed by atoms with Gasteiger partial charge in [-0.15, -0.1) is 0 Å². The van der Waals surface area contributed by atoms with E-state index in [1.807, 2.05) is 13.0 Å². The van der Waals surface area contributed by atoms with E-state index < -0.39 is 5.97 Å². The van der Waals surface area contributed by atoms with Crippen molar-refractivity contribution in [2.24, 2.45) is 0 Å². The molecule has 2 N–H and O–H groups in total. The number of hydrogen-bond acceptors (Lipinski definition) is 3. The summed E-state index contributed by atoms with van der Waals surface area (Å²) in [6.45, 7) is 2.87. The molecule has 0 spiro atoms. The molecule has 0 aromatic heterocycles. The number of aromatic carboxylic acids is 1. The summed E-state index contributed by atoms with van der Waals surface area (Å²) >= 11 is 0. The summed E-state index contributed by atoms with van der Waals surface area (Å²) in [7, 11) is 0. The van der Waals surface area contributed by atoms with E-state index >= 15 is 0 Å². The van der Waals surface area contributed by atoms with Gasteiger partial charge in [0.2, 0.25) is 11.8 Å². The fourth-order valence-electron chi connectivity index (χ4n) is 2.50. The number of carbonyl (C=O) groups excluding carboxylic acids is 2. The second-order valence-electron chi connectivity index (χ2n) is 5.38. The Hall–Kier alpha value is -2.37. The van der Waals surface area contributed by atoms with Gasteiger partial charge in [0.25, 0.3) is 0 Å². The molecule has 2 rings (SSSR count). The van der Waals surface area contributed by atoms with Crippen LogP contribution in [0, 0.1) is 0 Å². The molecule has 1 aliphatic rings. The fourth-order valence-corrected chi connectivity index (χ4v) is 2.50. The maximum absolute atomic E-state index is 12.1. The maximum Gasteiger partial charge on any atom is 0.335 e. The number of carboxylic acid groups (broad SMARTS) is 1. The molecule has 2 amide bonds. The largest absolute Gasteiger partial charge is 0.478 e. The lowest BCUT2D eigenvalue weighted by molar-refractivity contribution is -0.133. The van der Waals surface area contributed by atoms with Crippen LogP contribution in [0.5, 0.6) is 0 Å². The zero-order valence-electron chi connectivity index (χ0n) is 12.6. The first-order valence-corrected chi connectivity index (χ1v) is 7.40. The first-order valence-electron chi connectivity index (χ1n) is 7.40. The average Bonchev–Trinajstić information content (AvgIpc) is 2.51. The summed E-state index contributed by atoms with van der Waals surface area (Å²) in [5, 5.41) is 11.6. The summed E-state index contributed by atoms with van der Waals surface area (Å²) in [6.07, 6.45) is 1.86. The van der Waals surface area contributed by atoms with E-state index in [2.05, 4.69) is 5.32 Å². The minimum atomic E-state index is -0.974. The Labute approximate surface area is 129 Å². The number of carbonyl (C=O) groups is 3. The van der Waals surface area contributed by atoms with Crippen LogP contribution in [0.25, 0.3) is 0 Å². The summed E-state index contributed by atoms with van der Waals surface area (Å²) in [4.78, 5) is 36.2. The Kier molecular flexibility index (Phi) is 5.14. The third kappa shape index (κ3) is 3.84. The van der Waals surface area contributed by atoms with E-state index in [4.69, 9.17) is 5.11 Å². The van der Waals surface area contributed by atoms with Gasteiger partial charge in [-0.3, -0.25) is 9.59 Å². The lowest BCUT2D eigenvalue weighted by atomic mass is 9.97. The highest BCUT2D eigenvalue weighted by molar-refractivity contribution is 5.88. The second-order valence-corrected chi connectivity index (χ2v) is 5.38. The predicted octanol–water partition coefficient (Wildman–Crippen LogP) is 1.19. The van der Waals surface area contributed by atoms with Crippen molar-refractivity contribution in [1.29, 1.82) is 0 Å². The number of nitrogens with zero attached hydrogens (tertiary/aromatic N) is 1. The van der Waals surface area contributed by atoms with Crippen molar-refractivity contribution < 1.29 is 19.5 Å². The van der Waals surface area contributed by atoms with E-state index in [0.717, 1.165) is 17.5 Å². The number of nitrogens with one attached hydrogen (secondary N) is 1. The molecule has 22 heavy (non-hydrogen) atoms. The third-order valence-electron chi connectivity index (χ3n) is 3.73. The van der Waals surface area contributed by atoms with Gasteiger partial charge in [-0.2, -0.15) is 0 Å². The first kappa shape index (κ1) is 16.0. The maximum atomic E-state index is 12.1.